The molecule has 1 unspecified atom stereocenters. The van der Waals surface area contributed by atoms with E-state index in [0.717, 1.165) is 12.3 Å². The van der Waals surface area contributed by atoms with Crippen molar-refractivity contribution in [3.63, 3.8) is 0 Å². The molecule has 1 fully saturated rings. The Labute approximate surface area is 99.0 Å². The first-order valence-electron chi connectivity index (χ1n) is 6.66. The van der Waals surface area contributed by atoms with Crippen molar-refractivity contribution in [1.29, 1.82) is 0 Å². The van der Waals surface area contributed by atoms with Crippen LogP contribution in [0.4, 0.5) is 0 Å². The van der Waals surface area contributed by atoms with E-state index in [1.165, 1.54) is 44.1 Å². The number of benzene rings is 1. The fraction of sp³-hybridized carbons (Fsp3) is 0.600. The van der Waals surface area contributed by atoms with Gasteiger partial charge in [-0.2, -0.15) is 0 Å². The molecule has 1 saturated carbocycles. The minimum Gasteiger partial charge on any atom is -0.327 e. The van der Waals surface area contributed by atoms with Crippen molar-refractivity contribution in [2.24, 2.45) is 11.7 Å². The number of hydrogen-bond acceptors (Lipinski definition) is 1. The molecule has 2 rings (SSSR count). The molecule has 88 valence electrons. The molecule has 0 radical (unpaired) electrons. The highest BCUT2D eigenvalue weighted by atomic mass is 14.6. The summed E-state index contributed by atoms with van der Waals surface area (Å²) >= 11 is 0. The number of nitrogens with two attached hydrogens (primary N) is 1. The van der Waals surface area contributed by atoms with Gasteiger partial charge in [0.1, 0.15) is 0 Å². The first-order valence-corrected chi connectivity index (χ1v) is 6.66. The molecule has 0 aliphatic heterocycles. The van der Waals surface area contributed by atoms with Crippen molar-refractivity contribution < 1.29 is 0 Å². The van der Waals surface area contributed by atoms with Crippen LogP contribution < -0.4 is 5.73 Å². The predicted octanol–water partition coefficient (Wildman–Crippen LogP) is 3.53. The van der Waals surface area contributed by atoms with Crippen molar-refractivity contribution in [2.75, 3.05) is 0 Å². The van der Waals surface area contributed by atoms with Gasteiger partial charge in [0.2, 0.25) is 0 Å². The molecule has 0 saturated heterocycles. The van der Waals surface area contributed by atoms with Crippen LogP contribution in [0.5, 0.6) is 0 Å². The second-order valence-corrected chi connectivity index (χ2v) is 5.11. The van der Waals surface area contributed by atoms with E-state index in [2.05, 4.69) is 30.3 Å². The molecule has 0 spiro atoms. The maximum atomic E-state index is 6.35. The summed E-state index contributed by atoms with van der Waals surface area (Å²) in [7, 11) is 0. The van der Waals surface area contributed by atoms with Gasteiger partial charge in [-0.05, 0) is 30.7 Å². The lowest BCUT2D eigenvalue weighted by atomic mass is 9.88. The van der Waals surface area contributed by atoms with Gasteiger partial charge in [0, 0.05) is 6.04 Å². The lowest BCUT2D eigenvalue weighted by Gasteiger charge is -2.22. The highest BCUT2D eigenvalue weighted by molar-refractivity contribution is 5.16. The quantitative estimate of drug-likeness (QED) is 0.770. The number of rotatable bonds is 3. The van der Waals surface area contributed by atoms with Crippen molar-refractivity contribution in [1.82, 2.24) is 0 Å². The first kappa shape index (κ1) is 11.7. The molecule has 2 N–H and O–H groups in total. The Kier molecular flexibility index (Phi) is 4.41. The van der Waals surface area contributed by atoms with Crippen LogP contribution in [0.2, 0.25) is 0 Å². The topological polar surface area (TPSA) is 26.0 Å². The van der Waals surface area contributed by atoms with E-state index in [4.69, 9.17) is 5.73 Å². The van der Waals surface area contributed by atoms with Gasteiger partial charge in [0.25, 0.3) is 0 Å². The molecule has 1 aliphatic rings. The molecule has 1 aliphatic carbocycles. The molecule has 1 aromatic rings. The lowest BCUT2D eigenvalue weighted by molar-refractivity contribution is 0.372. The van der Waals surface area contributed by atoms with E-state index in [9.17, 15) is 0 Å². The third-order valence-electron chi connectivity index (χ3n) is 3.82. The van der Waals surface area contributed by atoms with Gasteiger partial charge in [0.15, 0.2) is 0 Å². The average molecular weight is 217 g/mol. The van der Waals surface area contributed by atoms with Crippen molar-refractivity contribution in [3.8, 4) is 0 Å². The zero-order valence-electron chi connectivity index (χ0n) is 10.1. The third-order valence-corrected chi connectivity index (χ3v) is 3.82. The molecule has 1 aromatic carbocycles. The van der Waals surface area contributed by atoms with Gasteiger partial charge in [-0.15, -0.1) is 0 Å². The van der Waals surface area contributed by atoms with Gasteiger partial charge in [-0.3, -0.25) is 0 Å². The van der Waals surface area contributed by atoms with Crippen LogP contribution in [0.1, 0.15) is 44.1 Å². The molecule has 0 heterocycles. The van der Waals surface area contributed by atoms with Gasteiger partial charge < -0.3 is 5.73 Å². The normalized spacial score (nSPS) is 20.3. The maximum Gasteiger partial charge on any atom is 0.0108 e. The summed E-state index contributed by atoms with van der Waals surface area (Å²) in [5, 5.41) is 0. The van der Waals surface area contributed by atoms with Crippen LogP contribution in [-0.2, 0) is 6.42 Å². The minimum absolute atomic E-state index is 0.362. The Hall–Kier alpha value is -0.820. The van der Waals surface area contributed by atoms with Gasteiger partial charge in [-0.25, -0.2) is 0 Å². The standard InChI is InChI=1S/C15H23N/c16-15(12-13-8-4-3-5-9-13)14-10-6-1-2-7-11-14/h3-5,8-9,14-15H,1-2,6-7,10-12,16H2. The van der Waals surface area contributed by atoms with Crippen molar-refractivity contribution in [3.05, 3.63) is 35.9 Å². The Balaban J connectivity index is 1.89. The summed E-state index contributed by atoms with van der Waals surface area (Å²) in [6.45, 7) is 0. The summed E-state index contributed by atoms with van der Waals surface area (Å²) in [5.74, 6) is 0.753. The Morgan fingerprint density at radius 3 is 2.25 bits per heavy atom. The van der Waals surface area contributed by atoms with Gasteiger partial charge in [-0.1, -0.05) is 56.0 Å². The molecule has 16 heavy (non-hydrogen) atoms. The van der Waals surface area contributed by atoms with Crippen LogP contribution in [0, 0.1) is 5.92 Å². The van der Waals surface area contributed by atoms with E-state index >= 15 is 0 Å². The molecule has 0 bridgehead atoms. The molecule has 1 heteroatoms. The lowest BCUT2D eigenvalue weighted by Crippen LogP contribution is -2.32. The minimum atomic E-state index is 0.362. The Morgan fingerprint density at radius 1 is 1.00 bits per heavy atom. The van der Waals surface area contributed by atoms with E-state index in [1.807, 2.05) is 0 Å². The molecule has 1 atom stereocenters. The van der Waals surface area contributed by atoms with Crippen LogP contribution in [-0.4, -0.2) is 6.04 Å². The third kappa shape index (κ3) is 3.34. The van der Waals surface area contributed by atoms with Crippen LogP contribution in [0.15, 0.2) is 30.3 Å². The zero-order chi connectivity index (χ0) is 11.2. The van der Waals surface area contributed by atoms with Crippen molar-refractivity contribution in [2.45, 2.75) is 51.0 Å². The summed E-state index contributed by atoms with van der Waals surface area (Å²) in [6, 6.07) is 11.0. The second kappa shape index (κ2) is 6.05. The summed E-state index contributed by atoms with van der Waals surface area (Å²) in [5.41, 5.74) is 7.74. The zero-order valence-corrected chi connectivity index (χ0v) is 10.1. The van der Waals surface area contributed by atoms with E-state index in [-0.39, 0.29) is 0 Å². The van der Waals surface area contributed by atoms with Crippen molar-refractivity contribution >= 4 is 0 Å². The fourth-order valence-corrected chi connectivity index (χ4v) is 2.79. The largest absolute Gasteiger partial charge is 0.327 e. The average Bonchev–Trinajstić information content (AvgIpc) is 2.59. The molecule has 1 nitrogen and oxygen atoms in total. The van der Waals surface area contributed by atoms with Crippen LogP contribution in [0.25, 0.3) is 0 Å². The molecule has 0 aromatic heterocycles. The van der Waals surface area contributed by atoms with Gasteiger partial charge >= 0.3 is 0 Å². The molecular formula is C15H23N. The van der Waals surface area contributed by atoms with E-state index < -0.39 is 0 Å². The van der Waals surface area contributed by atoms with Gasteiger partial charge in [0.05, 0.1) is 0 Å². The monoisotopic (exact) mass is 217 g/mol. The Morgan fingerprint density at radius 2 is 1.62 bits per heavy atom. The smallest absolute Gasteiger partial charge is 0.0108 e. The van der Waals surface area contributed by atoms with E-state index in [0.29, 0.717) is 6.04 Å². The second-order valence-electron chi connectivity index (χ2n) is 5.11. The van der Waals surface area contributed by atoms with E-state index in [1.54, 1.807) is 0 Å². The summed E-state index contributed by atoms with van der Waals surface area (Å²) < 4.78 is 0. The Bertz CT molecular complexity index is 286. The van der Waals surface area contributed by atoms with Crippen LogP contribution in [0.3, 0.4) is 0 Å². The SMILES string of the molecule is NC(Cc1ccccc1)C1CCCCCC1. The fourth-order valence-electron chi connectivity index (χ4n) is 2.79. The highest BCUT2D eigenvalue weighted by Gasteiger charge is 2.19. The number of hydrogen-bond donors (Lipinski definition) is 1. The first-order chi connectivity index (χ1) is 7.86. The summed E-state index contributed by atoms with van der Waals surface area (Å²) in [6.07, 6.45) is 9.32. The summed E-state index contributed by atoms with van der Waals surface area (Å²) in [4.78, 5) is 0. The molecular weight excluding hydrogens is 194 g/mol. The predicted molar refractivity (Wildman–Crippen MR) is 69.3 cm³/mol. The highest BCUT2D eigenvalue weighted by Crippen LogP contribution is 2.26. The van der Waals surface area contributed by atoms with Crippen LogP contribution >= 0.6 is 0 Å². The molecule has 0 amide bonds. The maximum absolute atomic E-state index is 6.35.